The molecular formula is C38H51FN8O5. The molecule has 0 radical (unpaired) electrons. The van der Waals surface area contributed by atoms with E-state index < -0.39 is 11.4 Å². The summed E-state index contributed by atoms with van der Waals surface area (Å²) in [7, 11) is 0. The minimum atomic E-state index is -0.530. The van der Waals surface area contributed by atoms with Gasteiger partial charge in [0.25, 0.3) is 11.8 Å². The Hall–Kier alpha value is -4.59. The van der Waals surface area contributed by atoms with Gasteiger partial charge in [0.2, 0.25) is 0 Å². The zero-order chi connectivity index (χ0) is 37.2. The van der Waals surface area contributed by atoms with E-state index in [1.165, 1.54) is 24.5 Å². The molecule has 52 heavy (non-hydrogen) atoms. The SMILES string of the molecule is CCN(C(=O)c1cc(F)ccc1Oc1nncnc1N1CCC(Oc2ccnc3c2CN(C(C)C2CN(C(=O)OC(C)(C)C)C2)CC3)CC1)C(C)C. The predicted molar refractivity (Wildman–Crippen MR) is 193 cm³/mol. The number of halogens is 1. The molecule has 1 atom stereocenters. The van der Waals surface area contributed by atoms with Crippen LogP contribution in [0.3, 0.4) is 0 Å². The lowest BCUT2D eigenvalue weighted by molar-refractivity contribution is -0.0192. The molecule has 5 heterocycles. The molecule has 13 nitrogen and oxygen atoms in total. The maximum atomic E-state index is 14.3. The molecule has 2 aromatic heterocycles. The van der Waals surface area contributed by atoms with Gasteiger partial charge < -0.3 is 28.9 Å². The Labute approximate surface area is 305 Å². The van der Waals surface area contributed by atoms with Crippen LogP contribution in [0.1, 0.15) is 82.9 Å². The van der Waals surface area contributed by atoms with Crippen molar-refractivity contribution in [2.24, 2.45) is 5.92 Å². The molecule has 3 aromatic rings. The lowest BCUT2D eigenvalue weighted by Crippen LogP contribution is -2.58. The monoisotopic (exact) mass is 718 g/mol. The molecule has 0 aliphatic carbocycles. The molecule has 2 amide bonds. The van der Waals surface area contributed by atoms with Gasteiger partial charge in [0.05, 0.1) is 5.56 Å². The zero-order valence-corrected chi connectivity index (χ0v) is 31.3. The second-order valence-corrected chi connectivity index (χ2v) is 15.2. The Kier molecular flexibility index (Phi) is 11.1. The van der Waals surface area contributed by atoms with Gasteiger partial charge in [0.1, 0.15) is 35.3 Å². The number of hydrogen-bond donors (Lipinski definition) is 0. The summed E-state index contributed by atoms with van der Waals surface area (Å²) in [5, 5.41) is 8.16. The number of pyridine rings is 1. The summed E-state index contributed by atoms with van der Waals surface area (Å²) in [5.41, 5.74) is 1.82. The van der Waals surface area contributed by atoms with Gasteiger partial charge in [0, 0.05) is 101 Å². The number of carbonyl (C=O) groups is 2. The van der Waals surface area contributed by atoms with Gasteiger partial charge in [0.15, 0.2) is 5.82 Å². The fourth-order valence-corrected chi connectivity index (χ4v) is 7.15. The fourth-order valence-electron chi connectivity index (χ4n) is 7.15. The van der Waals surface area contributed by atoms with E-state index in [2.05, 4.69) is 31.9 Å². The van der Waals surface area contributed by atoms with Crippen LogP contribution in [0.5, 0.6) is 17.4 Å². The van der Waals surface area contributed by atoms with Crippen molar-refractivity contribution < 1.29 is 28.2 Å². The third-order valence-corrected chi connectivity index (χ3v) is 10.1. The van der Waals surface area contributed by atoms with Crippen LogP contribution >= 0.6 is 0 Å². The third kappa shape index (κ3) is 8.38. The van der Waals surface area contributed by atoms with Crippen molar-refractivity contribution in [3.8, 4) is 17.4 Å². The highest BCUT2D eigenvalue weighted by molar-refractivity contribution is 5.97. The first-order valence-corrected chi connectivity index (χ1v) is 18.4. The van der Waals surface area contributed by atoms with Crippen LogP contribution in [0.4, 0.5) is 15.0 Å². The van der Waals surface area contributed by atoms with E-state index in [4.69, 9.17) is 19.2 Å². The minimum absolute atomic E-state index is 0.0129. The molecule has 0 N–H and O–H groups in total. The highest BCUT2D eigenvalue weighted by Crippen LogP contribution is 2.35. The Morgan fingerprint density at radius 1 is 1.04 bits per heavy atom. The molecule has 2 fully saturated rings. The first-order valence-electron chi connectivity index (χ1n) is 18.4. The second kappa shape index (κ2) is 15.6. The molecule has 0 saturated carbocycles. The van der Waals surface area contributed by atoms with Crippen LogP contribution in [0.25, 0.3) is 0 Å². The van der Waals surface area contributed by atoms with E-state index in [9.17, 15) is 14.0 Å². The molecule has 3 aliphatic heterocycles. The van der Waals surface area contributed by atoms with Crippen molar-refractivity contribution in [1.29, 1.82) is 0 Å². The Balaban J connectivity index is 1.08. The van der Waals surface area contributed by atoms with E-state index in [1.54, 1.807) is 9.80 Å². The zero-order valence-electron chi connectivity index (χ0n) is 31.3. The lowest BCUT2D eigenvalue weighted by Gasteiger charge is -2.46. The first kappa shape index (κ1) is 37.2. The number of amides is 2. The van der Waals surface area contributed by atoms with Gasteiger partial charge >= 0.3 is 6.09 Å². The molecule has 3 aliphatic rings. The number of anilines is 1. The number of piperidine rings is 1. The minimum Gasteiger partial charge on any atom is -0.490 e. The number of carbonyl (C=O) groups excluding carboxylic acids is 2. The normalized spacial score (nSPS) is 17.7. The number of hydrogen-bond acceptors (Lipinski definition) is 11. The van der Waals surface area contributed by atoms with Gasteiger partial charge in [-0.1, -0.05) is 0 Å². The molecular weight excluding hydrogens is 667 g/mol. The maximum Gasteiger partial charge on any atom is 0.410 e. The number of nitrogens with zero attached hydrogens (tertiary/aromatic N) is 8. The average Bonchev–Trinajstić information content (AvgIpc) is 3.08. The molecule has 14 heteroatoms. The smallest absolute Gasteiger partial charge is 0.410 e. The summed E-state index contributed by atoms with van der Waals surface area (Å²) in [6, 6.07) is 6.09. The Morgan fingerprint density at radius 2 is 1.79 bits per heavy atom. The summed E-state index contributed by atoms with van der Waals surface area (Å²) in [6.45, 7) is 18.4. The quantitative estimate of drug-likeness (QED) is 0.255. The highest BCUT2D eigenvalue weighted by Gasteiger charge is 2.40. The number of benzene rings is 1. The standard InChI is InChI=1S/C38H51FN8O5/c1-8-47(24(2)3)36(48)29-19-27(39)9-10-32(29)51-35-34(41-23-42-43-35)44-16-12-28(13-17-44)50-33-11-15-40-31-14-18-45(22-30(31)33)25(4)26-20-46(21-26)37(49)52-38(5,6)7/h9-11,15,19,23-26,28H,8,12-14,16-18,20-22H2,1-7H3. The van der Waals surface area contributed by atoms with Crippen LogP contribution in [0.15, 0.2) is 36.8 Å². The molecule has 0 bridgehead atoms. The van der Waals surface area contributed by atoms with E-state index in [0.717, 1.165) is 49.4 Å². The molecule has 280 valence electrons. The summed E-state index contributed by atoms with van der Waals surface area (Å²) >= 11 is 0. The van der Waals surface area contributed by atoms with Crippen LogP contribution in [0.2, 0.25) is 0 Å². The molecule has 1 aromatic carbocycles. The van der Waals surface area contributed by atoms with Crippen molar-refractivity contribution in [1.82, 2.24) is 34.9 Å². The summed E-state index contributed by atoms with van der Waals surface area (Å²) in [6.07, 6.45) is 5.26. The molecule has 2 saturated heterocycles. The predicted octanol–water partition coefficient (Wildman–Crippen LogP) is 5.73. The number of ether oxygens (including phenoxy) is 3. The van der Waals surface area contributed by atoms with Gasteiger partial charge in [-0.05, 0) is 72.7 Å². The van der Waals surface area contributed by atoms with Crippen molar-refractivity contribution in [2.45, 2.75) is 98.1 Å². The van der Waals surface area contributed by atoms with Gasteiger partial charge in [-0.2, -0.15) is 0 Å². The molecule has 6 rings (SSSR count). The van der Waals surface area contributed by atoms with E-state index >= 15 is 0 Å². The van der Waals surface area contributed by atoms with Crippen LogP contribution in [-0.4, -0.2) is 110 Å². The van der Waals surface area contributed by atoms with Crippen molar-refractivity contribution in [3.05, 3.63) is 59.4 Å². The van der Waals surface area contributed by atoms with Crippen molar-refractivity contribution in [2.75, 3.05) is 44.2 Å². The molecule has 0 spiro atoms. The van der Waals surface area contributed by atoms with E-state index in [-0.39, 0.29) is 41.3 Å². The highest BCUT2D eigenvalue weighted by atomic mass is 19.1. The van der Waals surface area contributed by atoms with E-state index in [0.29, 0.717) is 50.5 Å². The van der Waals surface area contributed by atoms with Crippen LogP contribution in [0, 0.1) is 11.7 Å². The number of rotatable bonds is 10. The summed E-state index contributed by atoms with van der Waals surface area (Å²) in [5.74, 6) is 1.23. The molecule has 1 unspecified atom stereocenters. The Morgan fingerprint density at radius 3 is 2.48 bits per heavy atom. The second-order valence-electron chi connectivity index (χ2n) is 15.2. The summed E-state index contributed by atoms with van der Waals surface area (Å²) in [4.78, 5) is 43.1. The third-order valence-electron chi connectivity index (χ3n) is 10.1. The Bertz CT molecular complexity index is 1740. The number of aromatic nitrogens is 4. The van der Waals surface area contributed by atoms with Crippen molar-refractivity contribution >= 4 is 17.8 Å². The van der Waals surface area contributed by atoms with Crippen LogP contribution in [-0.2, 0) is 17.7 Å². The summed E-state index contributed by atoms with van der Waals surface area (Å²) < 4.78 is 32.7. The topological polar surface area (TPSA) is 126 Å². The van der Waals surface area contributed by atoms with Crippen LogP contribution < -0.4 is 14.4 Å². The number of fused-ring (bicyclic) bond motifs is 1. The first-order chi connectivity index (χ1) is 24.8. The largest absolute Gasteiger partial charge is 0.490 e. The van der Waals surface area contributed by atoms with Gasteiger partial charge in [-0.25, -0.2) is 14.2 Å². The van der Waals surface area contributed by atoms with Gasteiger partial charge in [-0.15, -0.1) is 10.2 Å². The fraction of sp³-hybridized carbons (Fsp3) is 0.579. The van der Waals surface area contributed by atoms with E-state index in [1.807, 2.05) is 53.8 Å². The average molecular weight is 719 g/mol. The maximum absolute atomic E-state index is 14.3. The van der Waals surface area contributed by atoms with Crippen molar-refractivity contribution in [3.63, 3.8) is 0 Å². The number of likely N-dealkylation sites (tertiary alicyclic amines) is 1. The van der Waals surface area contributed by atoms with Gasteiger partial charge in [-0.3, -0.25) is 14.7 Å². The lowest BCUT2D eigenvalue weighted by atomic mass is 9.90.